The molecule has 108 valence electrons. The number of nitrogens with zero attached hydrogens (tertiary/aromatic N) is 3. The first-order valence-electron chi connectivity index (χ1n) is 6.54. The molecule has 1 N–H and O–H groups in total. The minimum absolute atomic E-state index is 0.387. The quantitative estimate of drug-likeness (QED) is 0.890. The Morgan fingerprint density at radius 1 is 1.45 bits per heavy atom. The molecule has 1 atom stereocenters. The highest BCUT2D eigenvalue weighted by Crippen LogP contribution is 2.29. The normalized spacial score (nSPS) is 12.4. The van der Waals surface area contributed by atoms with Gasteiger partial charge in [0, 0.05) is 23.6 Å². The average Bonchev–Trinajstić information content (AvgIpc) is 2.86. The molecule has 0 aliphatic rings. The molecule has 1 aromatic carbocycles. The van der Waals surface area contributed by atoms with E-state index < -0.39 is 6.10 Å². The van der Waals surface area contributed by atoms with Crippen LogP contribution in [0.25, 0.3) is 0 Å². The predicted octanol–water partition coefficient (Wildman–Crippen LogP) is 2.63. The van der Waals surface area contributed by atoms with E-state index in [1.54, 1.807) is 25.3 Å². The van der Waals surface area contributed by atoms with E-state index in [0.717, 1.165) is 18.8 Å². The first kappa shape index (κ1) is 14.8. The van der Waals surface area contributed by atoms with E-state index >= 15 is 0 Å². The van der Waals surface area contributed by atoms with Crippen LogP contribution in [-0.4, -0.2) is 27.0 Å². The van der Waals surface area contributed by atoms with E-state index in [2.05, 4.69) is 17.0 Å². The van der Waals surface area contributed by atoms with Crippen molar-refractivity contribution in [2.45, 2.75) is 32.4 Å². The molecule has 0 aliphatic carbocycles. The van der Waals surface area contributed by atoms with Crippen LogP contribution in [0.5, 0.6) is 5.75 Å². The first-order chi connectivity index (χ1) is 9.65. The fraction of sp³-hybridized carbons (Fsp3) is 0.429. The molecule has 2 aromatic rings. The number of aliphatic hydroxyl groups excluding tert-OH is 1. The highest BCUT2D eigenvalue weighted by Gasteiger charge is 2.17. The van der Waals surface area contributed by atoms with Crippen molar-refractivity contribution < 1.29 is 9.84 Å². The third-order valence-electron chi connectivity index (χ3n) is 3.06. The second kappa shape index (κ2) is 6.72. The number of aromatic nitrogens is 3. The molecule has 0 fully saturated rings. The number of ether oxygens (including phenoxy) is 1. The molecule has 1 heterocycles. The van der Waals surface area contributed by atoms with Gasteiger partial charge in [0.25, 0.3) is 0 Å². The first-order valence-corrected chi connectivity index (χ1v) is 6.91. The van der Waals surface area contributed by atoms with Gasteiger partial charge in [-0.05, 0) is 18.6 Å². The van der Waals surface area contributed by atoms with Crippen molar-refractivity contribution in [1.82, 2.24) is 14.8 Å². The standard InChI is InChI=1S/C14H18ClN3O2/c1-3-6-18-14(16-9-17-18)8-12(19)11-5-4-10(15)7-13(11)20-2/h4-5,7,9,12,19H,3,6,8H2,1-2H3. The molecule has 1 aromatic heterocycles. The molecule has 0 bridgehead atoms. The smallest absolute Gasteiger partial charge is 0.138 e. The van der Waals surface area contributed by atoms with E-state index in [1.807, 2.05) is 4.68 Å². The Bertz CT molecular complexity index is 571. The largest absolute Gasteiger partial charge is 0.496 e. The van der Waals surface area contributed by atoms with Crippen molar-refractivity contribution in [2.75, 3.05) is 7.11 Å². The summed E-state index contributed by atoms with van der Waals surface area (Å²) in [6.07, 6.45) is 2.16. The van der Waals surface area contributed by atoms with Crippen LogP contribution in [0.2, 0.25) is 5.02 Å². The Kier molecular flexibility index (Phi) is 4.98. The van der Waals surface area contributed by atoms with Gasteiger partial charge in [0.05, 0.1) is 13.2 Å². The van der Waals surface area contributed by atoms with Gasteiger partial charge in [-0.15, -0.1) is 0 Å². The Morgan fingerprint density at radius 3 is 2.95 bits per heavy atom. The number of aliphatic hydroxyl groups is 1. The van der Waals surface area contributed by atoms with Crippen LogP contribution in [0.3, 0.4) is 0 Å². The summed E-state index contributed by atoms with van der Waals surface area (Å²) in [7, 11) is 1.56. The van der Waals surface area contributed by atoms with E-state index in [9.17, 15) is 5.11 Å². The molecule has 5 nitrogen and oxygen atoms in total. The zero-order chi connectivity index (χ0) is 14.5. The highest BCUT2D eigenvalue weighted by molar-refractivity contribution is 6.30. The van der Waals surface area contributed by atoms with Gasteiger partial charge in [-0.3, -0.25) is 4.68 Å². The van der Waals surface area contributed by atoms with E-state index in [1.165, 1.54) is 6.33 Å². The second-order valence-corrected chi connectivity index (χ2v) is 4.94. The summed E-state index contributed by atoms with van der Waals surface area (Å²) in [4.78, 5) is 4.20. The lowest BCUT2D eigenvalue weighted by atomic mass is 10.1. The Hall–Kier alpha value is -1.59. The number of halogens is 1. The minimum Gasteiger partial charge on any atom is -0.496 e. The van der Waals surface area contributed by atoms with Crippen LogP contribution in [0.1, 0.15) is 30.8 Å². The maximum absolute atomic E-state index is 10.4. The summed E-state index contributed by atoms with van der Waals surface area (Å²) < 4.78 is 7.07. The van der Waals surface area contributed by atoms with Gasteiger partial charge in [0.1, 0.15) is 17.9 Å². The van der Waals surface area contributed by atoms with Gasteiger partial charge < -0.3 is 9.84 Å². The van der Waals surface area contributed by atoms with Gasteiger partial charge in [0.15, 0.2) is 0 Å². The molecule has 0 radical (unpaired) electrons. The van der Waals surface area contributed by atoms with E-state index in [-0.39, 0.29) is 0 Å². The van der Waals surface area contributed by atoms with Crippen molar-refractivity contribution in [3.63, 3.8) is 0 Å². The molecule has 0 saturated carbocycles. The Balaban J connectivity index is 2.19. The van der Waals surface area contributed by atoms with Crippen molar-refractivity contribution in [2.24, 2.45) is 0 Å². The second-order valence-electron chi connectivity index (χ2n) is 4.51. The molecule has 0 amide bonds. The summed E-state index contributed by atoms with van der Waals surface area (Å²) in [5.41, 5.74) is 0.697. The van der Waals surface area contributed by atoms with Crippen LogP contribution < -0.4 is 4.74 Å². The van der Waals surface area contributed by atoms with Gasteiger partial charge >= 0.3 is 0 Å². The van der Waals surface area contributed by atoms with E-state index in [0.29, 0.717) is 22.8 Å². The minimum atomic E-state index is -0.706. The van der Waals surface area contributed by atoms with Gasteiger partial charge in [0.2, 0.25) is 0 Å². The molecule has 0 saturated heterocycles. The molecule has 6 heteroatoms. The van der Waals surface area contributed by atoms with Crippen molar-refractivity contribution in [1.29, 1.82) is 0 Å². The Morgan fingerprint density at radius 2 is 2.25 bits per heavy atom. The summed E-state index contributed by atoms with van der Waals surface area (Å²) in [6.45, 7) is 2.86. The van der Waals surface area contributed by atoms with Crippen molar-refractivity contribution in [3.05, 3.63) is 40.9 Å². The van der Waals surface area contributed by atoms with Crippen LogP contribution in [-0.2, 0) is 13.0 Å². The molecule has 1 unspecified atom stereocenters. The highest BCUT2D eigenvalue weighted by atomic mass is 35.5. The number of aryl methyl sites for hydroxylation is 1. The third-order valence-corrected chi connectivity index (χ3v) is 3.30. The number of hydrogen-bond donors (Lipinski definition) is 1. The van der Waals surface area contributed by atoms with Crippen molar-refractivity contribution >= 4 is 11.6 Å². The number of hydrogen-bond acceptors (Lipinski definition) is 4. The molecular weight excluding hydrogens is 278 g/mol. The van der Waals surface area contributed by atoms with Crippen molar-refractivity contribution in [3.8, 4) is 5.75 Å². The SMILES string of the molecule is CCCn1ncnc1CC(O)c1ccc(Cl)cc1OC. The lowest BCUT2D eigenvalue weighted by Crippen LogP contribution is -2.11. The summed E-state index contributed by atoms with van der Waals surface area (Å²) in [5, 5.41) is 15.1. The monoisotopic (exact) mass is 295 g/mol. The number of benzene rings is 1. The molecule has 0 spiro atoms. The molecule has 2 rings (SSSR count). The number of rotatable bonds is 6. The molecule has 20 heavy (non-hydrogen) atoms. The fourth-order valence-corrected chi connectivity index (χ4v) is 2.25. The maximum Gasteiger partial charge on any atom is 0.138 e. The van der Waals surface area contributed by atoms with Gasteiger partial charge in [-0.25, -0.2) is 4.98 Å². The fourth-order valence-electron chi connectivity index (χ4n) is 2.09. The Labute approximate surface area is 123 Å². The molecular formula is C14H18ClN3O2. The molecule has 0 aliphatic heterocycles. The average molecular weight is 296 g/mol. The van der Waals surface area contributed by atoms with Gasteiger partial charge in [-0.2, -0.15) is 5.10 Å². The topological polar surface area (TPSA) is 60.2 Å². The van der Waals surface area contributed by atoms with Crippen LogP contribution in [0.15, 0.2) is 24.5 Å². The van der Waals surface area contributed by atoms with E-state index in [4.69, 9.17) is 16.3 Å². The zero-order valence-corrected chi connectivity index (χ0v) is 12.3. The van der Waals surface area contributed by atoms with Gasteiger partial charge in [-0.1, -0.05) is 24.6 Å². The van der Waals surface area contributed by atoms with Crippen LogP contribution in [0, 0.1) is 0 Å². The number of methoxy groups -OCH3 is 1. The van der Waals surface area contributed by atoms with Crippen LogP contribution in [0.4, 0.5) is 0 Å². The lowest BCUT2D eigenvalue weighted by Gasteiger charge is -2.15. The predicted molar refractivity (Wildman–Crippen MR) is 77.0 cm³/mol. The van der Waals surface area contributed by atoms with Crippen LogP contribution >= 0.6 is 11.6 Å². The third kappa shape index (κ3) is 3.29. The summed E-state index contributed by atoms with van der Waals surface area (Å²) >= 11 is 5.92. The summed E-state index contributed by atoms with van der Waals surface area (Å²) in [6, 6.07) is 5.20. The summed E-state index contributed by atoms with van der Waals surface area (Å²) in [5.74, 6) is 1.34. The lowest BCUT2D eigenvalue weighted by molar-refractivity contribution is 0.169. The maximum atomic E-state index is 10.4. The zero-order valence-electron chi connectivity index (χ0n) is 11.6.